The Kier molecular flexibility index (Phi) is 3.43. The van der Waals surface area contributed by atoms with Crippen LogP contribution in [0.3, 0.4) is 0 Å². The molecule has 0 unspecified atom stereocenters. The minimum atomic E-state index is 0.143. The molecule has 1 aliphatic carbocycles. The summed E-state index contributed by atoms with van der Waals surface area (Å²) in [6, 6.07) is 8.58. The van der Waals surface area contributed by atoms with Crippen molar-refractivity contribution in [1.82, 2.24) is 0 Å². The molecule has 0 saturated heterocycles. The quantitative estimate of drug-likeness (QED) is 0.836. The van der Waals surface area contributed by atoms with Crippen LogP contribution in [0, 0.1) is 18.8 Å². The fraction of sp³-hybridized carbons (Fsp3) is 0.600. The van der Waals surface area contributed by atoms with Crippen LogP contribution in [-0.2, 0) is 0 Å². The zero-order chi connectivity index (χ0) is 12.5. The van der Waals surface area contributed by atoms with E-state index in [1.165, 1.54) is 24.1 Å². The van der Waals surface area contributed by atoms with E-state index >= 15 is 0 Å². The first-order valence-electron chi connectivity index (χ1n) is 6.59. The van der Waals surface area contributed by atoms with Gasteiger partial charge in [-0.05, 0) is 43.7 Å². The molecule has 0 amide bonds. The molecule has 0 spiro atoms. The molecule has 0 bridgehead atoms. The number of rotatable bonds is 4. The topological polar surface area (TPSA) is 38.0 Å². The Hall–Kier alpha value is -1.02. The highest BCUT2D eigenvalue weighted by molar-refractivity contribution is 5.47. The SMILES string of the molecule is Cc1ccc(NC2(CN)CC(C(C)C)C2)cc1. The van der Waals surface area contributed by atoms with Crippen LogP contribution >= 0.6 is 0 Å². The third-order valence-corrected chi connectivity index (χ3v) is 4.10. The molecular weight excluding hydrogens is 208 g/mol. The monoisotopic (exact) mass is 232 g/mol. The standard InChI is InChI=1S/C15H24N2/c1-11(2)13-8-15(9-13,10-16)17-14-6-4-12(3)5-7-14/h4-7,11,13,17H,8-10,16H2,1-3H3. The summed E-state index contributed by atoms with van der Waals surface area (Å²) < 4.78 is 0. The predicted octanol–water partition coefficient (Wildman–Crippen LogP) is 3.17. The lowest BCUT2D eigenvalue weighted by Gasteiger charge is -2.50. The van der Waals surface area contributed by atoms with E-state index in [1.54, 1.807) is 0 Å². The van der Waals surface area contributed by atoms with E-state index < -0.39 is 0 Å². The molecule has 2 rings (SSSR count). The van der Waals surface area contributed by atoms with Gasteiger partial charge in [-0.15, -0.1) is 0 Å². The van der Waals surface area contributed by atoms with Crippen LogP contribution in [0.2, 0.25) is 0 Å². The van der Waals surface area contributed by atoms with Crippen LogP contribution in [0.1, 0.15) is 32.3 Å². The molecule has 1 saturated carbocycles. The maximum atomic E-state index is 5.95. The number of nitrogens with one attached hydrogen (secondary N) is 1. The molecule has 1 fully saturated rings. The molecule has 94 valence electrons. The smallest absolute Gasteiger partial charge is 0.0501 e. The fourth-order valence-electron chi connectivity index (χ4n) is 2.68. The van der Waals surface area contributed by atoms with Crippen LogP contribution in [-0.4, -0.2) is 12.1 Å². The molecule has 1 aromatic rings. The maximum absolute atomic E-state index is 5.95. The van der Waals surface area contributed by atoms with E-state index in [9.17, 15) is 0 Å². The Labute approximate surface area is 105 Å². The summed E-state index contributed by atoms with van der Waals surface area (Å²) in [6.45, 7) is 7.44. The highest BCUT2D eigenvalue weighted by Gasteiger charge is 2.44. The van der Waals surface area contributed by atoms with Gasteiger partial charge in [0, 0.05) is 12.2 Å². The number of benzene rings is 1. The zero-order valence-electron chi connectivity index (χ0n) is 11.2. The third-order valence-electron chi connectivity index (χ3n) is 4.10. The molecular formula is C15H24N2. The van der Waals surface area contributed by atoms with Crippen molar-refractivity contribution in [2.75, 3.05) is 11.9 Å². The number of hydrogen-bond acceptors (Lipinski definition) is 2. The van der Waals surface area contributed by atoms with Gasteiger partial charge in [0.25, 0.3) is 0 Å². The van der Waals surface area contributed by atoms with Crippen molar-refractivity contribution in [2.24, 2.45) is 17.6 Å². The Morgan fingerprint density at radius 2 is 1.88 bits per heavy atom. The van der Waals surface area contributed by atoms with Gasteiger partial charge in [0.05, 0.1) is 5.54 Å². The Morgan fingerprint density at radius 1 is 1.29 bits per heavy atom. The van der Waals surface area contributed by atoms with Crippen LogP contribution in [0.4, 0.5) is 5.69 Å². The molecule has 2 nitrogen and oxygen atoms in total. The lowest BCUT2D eigenvalue weighted by Crippen LogP contribution is -2.56. The fourth-order valence-corrected chi connectivity index (χ4v) is 2.68. The molecule has 0 radical (unpaired) electrons. The summed E-state index contributed by atoms with van der Waals surface area (Å²) in [6.07, 6.45) is 2.41. The van der Waals surface area contributed by atoms with Crippen molar-refractivity contribution in [3.8, 4) is 0 Å². The molecule has 1 aromatic carbocycles. The van der Waals surface area contributed by atoms with Crippen molar-refractivity contribution in [3.63, 3.8) is 0 Å². The first-order valence-corrected chi connectivity index (χ1v) is 6.59. The number of anilines is 1. The summed E-state index contributed by atoms with van der Waals surface area (Å²) in [5, 5.41) is 3.63. The Bertz CT molecular complexity index is 361. The molecule has 0 aliphatic heterocycles. The second kappa shape index (κ2) is 4.69. The highest BCUT2D eigenvalue weighted by atomic mass is 15.0. The third kappa shape index (κ3) is 2.63. The van der Waals surface area contributed by atoms with E-state index in [-0.39, 0.29) is 5.54 Å². The average Bonchev–Trinajstić information content (AvgIpc) is 2.25. The van der Waals surface area contributed by atoms with Gasteiger partial charge >= 0.3 is 0 Å². The van der Waals surface area contributed by atoms with Crippen molar-refractivity contribution in [1.29, 1.82) is 0 Å². The molecule has 0 heterocycles. The first-order chi connectivity index (χ1) is 8.04. The minimum Gasteiger partial charge on any atom is -0.378 e. The molecule has 3 N–H and O–H groups in total. The summed E-state index contributed by atoms with van der Waals surface area (Å²) in [4.78, 5) is 0. The number of hydrogen-bond donors (Lipinski definition) is 2. The number of nitrogens with two attached hydrogens (primary N) is 1. The van der Waals surface area contributed by atoms with E-state index in [0.717, 1.165) is 18.4 Å². The summed E-state index contributed by atoms with van der Waals surface area (Å²) in [5.41, 5.74) is 8.58. The van der Waals surface area contributed by atoms with Gasteiger partial charge in [-0.1, -0.05) is 31.5 Å². The van der Waals surface area contributed by atoms with Crippen molar-refractivity contribution in [3.05, 3.63) is 29.8 Å². The zero-order valence-corrected chi connectivity index (χ0v) is 11.2. The average molecular weight is 232 g/mol. The van der Waals surface area contributed by atoms with Crippen molar-refractivity contribution >= 4 is 5.69 Å². The first kappa shape index (κ1) is 12.4. The van der Waals surface area contributed by atoms with E-state index in [2.05, 4.69) is 50.4 Å². The maximum Gasteiger partial charge on any atom is 0.0501 e. The molecule has 0 atom stereocenters. The van der Waals surface area contributed by atoms with E-state index in [4.69, 9.17) is 5.73 Å². The van der Waals surface area contributed by atoms with Gasteiger partial charge in [-0.3, -0.25) is 0 Å². The Balaban J connectivity index is 2.00. The second-order valence-corrected chi connectivity index (χ2v) is 5.89. The number of aryl methyl sites for hydroxylation is 1. The summed E-state index contributed by atoms with van der Waals surface area (Å²) in [7, 11) is 0. The predicted molar refractivity (Wildman–Crippen MR) is 74.1 cm³/mol. The molecule has 17 heavy (non-hydrogen) atoms. The molecule has 1 aliphatic rings. The minimum absolute atomic E-state index is 0.143. The van der Waals surface area contributed by atoms with Gasteiger partial charge in [0.1, 0.15) is 0 Å². The van der Waals surface area contributed by atoms with Crippen LogP contribution < -0.4 is 11.1 Å². The van der Waals surface area contributed by atoms with Gasteiger partial charge < -0.3 is 11.1 Å². The van der Waals surface area contributed by atoms with Gasteiger partial charge in [-0.2, -0.15) is 0 Å². The summed E-state index contributed by atoms with van der Waals surface area (Å²) >= 11 is 0. The van der Waals surface area contributed by atoms with Gasteiger partial charge in [0.15, 0.2) is 0 Å². The van der Waals surface area contributed by atoms with Crippen LogP contribution in [0.15, 0.2) is 24.3 Å². The van der Waals surface area contributed by atoms with Crippen molar-refractivity contribution in [2.45, 2.75) is 39.2 Å². The lowest BCUT2D eigenvalue weighted by molar-refractivity contribution is 0.130. The van der Waals surface area contributed by atoms with E-state index in [0.29, 0.717) is 0 Å². The Morgan fingerprint density at radius 3 is 2.35 bits per heavy atom. The van der Waals surface area contributed by atoms with Gasteiger partial charge in [-0.25, -0.2) is 0 Å². The largest absolute Gasteiger partial charge is 0.378 e. The molecule has 0 aromatic heterocycles. The van der Waals surface area contributed by atoms with Crippen LogP contribution in [0.25, 0.3) is 0 Å². The molecule has 2 heteroatoms. The normalized spacial score (nSPS) is 27.9. The van der Waals surface area contributed by atoms with E-state index in [1.807, 2.05) is 0 Å². The lowest BCUT2D eigenvalue weighted by atomic mass is 9.64. The summed E-state index contributed by atoms with van der Waals surface area (Å²) in [5.74, 6) is 1.60. The van der Waals surface area contributed by atoms with Gasteiger partial charge in [0.2, 0.25) is 0 Å². The van der Waals surface area contributed by atoms with Crippen LogP contribution in [0.5, 0.6) is 0 Å². The highest BCUT2D eigenvalue weighted by Crippen LogP contribution is 2.43. The second-order valence-electron chi connectivity index (χ2n) is 5.89. The van der Waals surface area contributed by atoms with Crippen molar-refractivity contribution < 1.29 is 0 Å².